The maximum atomic E-state index is 10.1. The van der Waals surface area contributed by atoms with Gasteiger partial charge in [0.1, 0.15) is 5.60 Å². The lowest BCUT2D eigenvalue weighted by Crippen LogP contribution is -2.29. The number of rotatable bonds is 0. The van der Waals surface area contributed by atoms with Gasteiger partial charge >= 0.3 is 0 Å². The van der Waals surface area contributed by atoms with E-state index in [0.29, 0.717) is 5.92 Å². The number of terminal acetylenes is 1. The van der Waals surface area contributed by atoms with Crippen LogP contribution in [0.5, 0.6) is 0 Å². The molecule has 0 radical (unpaired) electrons. The van der Waals surface area contributed by atoms with Gasteiger partial charge in [0.05, 0.1) is 0 Å². The molecule has 0 spiro atoms. The molecule has 1 unspecified atom stereocenters. The molecule has 14 heavy (non-hydrogen) atoms. The monoisotopic (exact) mass is 190 g/mol. The van der Waals surface area contributed by atoms with Gasteiger partial charge in [-0.3, -0.25) is 0 Å². The van der Waals surface area contributed by atoms with Crippen molar-refractivity contribution >= 4 is 0 Å². The van der Waals surface area contributed by atoms with Crippen LogP contribution in [0.2, 0.25) is 0 Å². The summed E-state index contributed by atoms with van der Waals surface area (Å²) >= 11 is 0. The smallest absolute Gasteiger partial charge is 0.144 e. The van der Waals surface area contributed by atoms with E-state index in [1.54, 1.807) is 0 Å². The zero-order valence-electron chi connectivity index (χ0n) is 9.01. The molecular weight excluding hydrogens is 172 g/mol. The van der Waals surface area contributed by atoms with E-state index in [1.165, 1.54) is 24.8 Å². The van der Waals surface area contributed by atoms with Gasteiger partial charge < -0.3 is 5.11 Å². The fourth-order valence-electron chi connectivity index (χ4n) is 3.20. The minimum Gasteiger partial charge on any atom is -0.374 e. The van der Waals surface area contributed by atoms with Crippen molar-refractivity contribution in [3.8, 4) is 12.3 Å². The molecule has 0 aromatic carbocycles. The number of hydrogen-bond donors (Lipinski definition) is 1. The maximum Gasteiger partial charge on any atom is 0.144 e. The highest BCUT2D eigenvalue weighted by atomic mass is 16.3. The SMILES string of the molecule is C#CC1(O)C=C2[C@H](C)CCC[C@]2(C)C1. The molecule has 0 aliphatic heterocycles. The zero-order valence-corrected chi connectivity index (χ0v) is 9.01. The number of hydrogen-bond acceptors (Lipinski definition) is 1. The summed E-state index contributed by atoms with van der Waals surface area (Å²) in [5.41, 5.74) is 0.589. The highest BCUT2D eigenvalue weighted by molar-refractivity contribution is 5.36. The molecule has 1 fully saturated rings. The number of aliphatic hydroxyl groups is 1. The summed E-state index contributed by atoms with van der Waals surface area (Å²) in [5, 5.41) is 10.1. The second-order valence-corrected chi connectivity index (χ2v) is 5.20. The Morgan fingerprint density at radius 1 is 1.64 bits per heavy atom. The summed E-state index contributed by atoms with van der Waals surface area (Å²) in [4.78, 5) is 0. The van der Waals surface area contributed by atoms with E-state index in [9.17, 15) is 5.11 Å². The van der Waals surface area contributed by atoms with Gasteiger partial charge in [-0.15, -0.1) is 6.42 Å². The average molecular weight is 190 g/mol. The molecule has 1 nitrogen and oxygen atoms in total. The molecule has 76 valence electrons. The summed E-state index contributed by atoms with van der Waals surface area (Å²) in [6.45, 7) is 4.48. The molecule has 0 bridgehead atoms. The average Bonchev–Trinajstić information content (AvgIpc) is 2.40. The lowest BCUT2D eigenvalue weighted by atomic mass is 9.68. The van der Waals surface area contributed by atoms with Crippen molar-refractivity contribution in [2.24, 2.45) is 11.3 Å². The molecule has 2 aliphatic carbocycles. The highest BCUT2D eigenvalue weighted by Gasteiger charge is 2.46. The maximum absolute atomic E-state index is 10.1. The van der Waals surface area contributed by atoms with Crippen LogP contribution in [0.4, 0.5) is 0 Å². The summed E-state index contributed by atoms with van der Waals surface area (Å²) in [6, 6.07) is 0. The Bertz CT molecular complexity index is 323. The van der Waals surface area contributed by atoms with Gasteiger partial charge in [0.25, 0.3) is 0 Å². The lowest BCUT2D eigenvalue weighted by Gasteiger charge is -2.37. The van der Waals surface area contributed by atoms with Crippen molar-refractivity contribution in [3.63, 3.8) is 0 Å². The molecule has 3 atom stereocenters. The topological polar surface area (TPSA) is 20.2 Å². The van der Waals surface area contributed by atoms with Crippen molar-refractivity contribution in [2.45, 2.75) is 45.1 Å². The normalized spacial score (nSPS) is 46.7. The Morgan fingerprint density at radius 3 is 2.93 bits per heavy atom. The second-order valence-electron chi connectivity index (χ2n) is 5.20. The molecule has 2 aliphatic rings. The van der Waals surface area contributed by atoms with Crippen molar-refractivity contribution < 1.29 is 5.11 Å². The summed E-state index contributed by atoms with van der Waals surface area (Å²) in [5.74, 6) is 3.12. The van der Waals surface area contributed by atoms with E-state index in [1.807, 2.05) is 6.08 Å². The van der Waals surface area contributed by atoms with E-state index in [4.69, 9.17) is 6.42 Å². The quantitative estimate of drug-likeness (QED) is 0.459. The lowest BCUT2D eigenvalue weighted by molar-refractivity contribution is 0.111. The van der Waals surface area contributed by atoms with Gasteiger partial charge in [0, 0.05) is 6.42 Å². The van der Waals surface area contributed by atoms with Crippen molar-refractivity contribution in [1.82, 2.24) is 0 Å². The summed E-state index contributed by atoms with van der Waals surface area (Å²) in [7, 11) is 0. The van der Waals surface area contributed by atoms with Crippen molar-refractivity contribution in [3.05, 3.63) is 11.6 Å². The Labute approximate surface area is 86.2 Å². The van der Waals surface area contributed by atoms with Crippen molar-refractivity contribution in [2.75, 3.05) is 0 Å². The molecule has 0 heterocycles. The van der Waals surface area contributed by atoms with Gasteiger partial charge in [-0.25, -0.2) is 0 Å². The minimum atomic E-state index is -0.970. The van der Waals surface area contributed by atoms with Gasteiger partial charge in [-0.1, -0.05) is 31.8 Å². The van der Waals surface area contributed by atoms with Gasteiger partial charge in [-0.05, 0) is 30.3 Å². The van der Waals surface area contributed by atoms with Crippen LogP contribution in [0.1, 0.15) is 39.5 Å². The Balaban J connectivity index is 2.38. The van der Waals surface area contributed by atoms with E-state index < -0.39 is 5.60 Å². The van der Waals surface area contributed by atoms with E-state index in [0.717, 1.165) is 6.42 Å². The first-order valence-corrected chi connectivity index (χ1v) is 5.42. The van der Waals surface area contributed by atoms with Crippen molar-refractivity contribution in [1.29, 1.82) is 0 Å². The van der Waals surface area contributed by atoms with Crippen LogP contribution >= 0.6 is 0 Å². The minimum absolute atomic E-state index is 0.165. The van der Waals surface area contributed by atoms with Crippen LogP contribution in [-0.2, 0) is 0 Å². The predicted octanol–water partition coefficient (Wildman–Crippen LogP) is 2.51. The molecule has 0 amide bonds. The third-order valence-corrected chi connectivity index (χ3v) is 3.90. The van der Waals surface area contributed by atoms with E-state index >= 15 is 0 Å². The number of fused-ring (bicyclic) bond motifs is 1. The van der Waals surface area contributed by atoms with Crippen LogP contribution in [0.15, 0.2) is 11.6 Å². The fraction of sp³-hybridized carbons (Fsp3) is 0.692. The van der Waals surface area contributed by atoms with Gasteiger partial charge in [-0.2, -0.15) is 0 Å². The van der Waals surface area contributed by atoms with Crippen LogP contribution in [-0.4, -0.2) is 10.7 Å². The molecule has 1 saturated carbocycles. The third-order valence-electron chi connectivity index (χ3n) is 3.90. The largest absolute Gasteiger partial charge is 0.374 e. The first kappa shape index (κ1) is 9.80. The zero-order chi connectivity index (χ0) is 10.4. The molecular formula is C13H18O. The molecule has 2 rings (SSSR count). The van der Waals surface area contributed by atoms with Gasteiger partial charge in [0.15, 0.2) is 0 Å². The molecule has 1 heteroatoms. The summed E-state index contributed by atoms with van der Waals surface area (Å²) in [6.07, 6.45) is 11.7. The predicted molar refractivity (Wildman–Crippen MR) is 57.6 cm³/mol. The summed E-state index contributed by atoms with van der Waals surface area (Å²) < 4.78 is 0. The highest BCUT2D eigenvalue weighted by Crippen LogP contribution is 2.53. The van der Waals surface area contributed by atoms with Crippen LogP contribution in [0.25, 0.3) is 0 Å². The molecule has 0 saturated heterocycles. The van der Waals surface area contributed by atoms with E-state index in [-0.39, 0.29) is 5.41 Å². The van der Waals surface area contributed by atoms with E-state index in [2.05, 4.69) is 19.8 Å². The first-order chi connectivity index (χ1) is 6.49. The standard InChI is InChI=1S/C13H18O/c1-4-13(14)8-11-10(2)6-5-7-12(11,3)9-13/h1,8,10,14H,5-7,9H2,2-3H3/t10-,12-,13?/m1/s1. The Kier molecular flexibility index (Phi) is 2.01. The Hall–Kier alpha value is -0.740. The Morgan fingerprint density at radius 2 is 2.36 bits per heavy atom. The van der Waals surface area contributed by atoms with Crippen LogP contribution < -0.4 is 0 Å². The molecule has 0 aromatic rings. The third kappa shape index (κ3) is 1.29. The first-order valence-electron chi connectivity index (χ1n) is 5.42. The molecule has 0 aromatic heterocycles. The number of allylic oxidation sites excluding steroid dienone is 1. The van der Waals surface area contributed by atoms with Gasteiger partial charge in [0.2, 0.25) is 0 Å². The fourth-order valence-corrected chi connectivity index (χ4v) is 3.20. The van der Waals surface area contributed by atoms with Crippen LogP contribution in [0.3, 0.4) is 0 Å². The second kappa shape index (κ2) is 2.87. The van der Waals surface area contributed by atoms with Crippen LogP contribution in [0, 0.1) is 23.7 Å². The molecule has 1 N–H and O–H groups in total.